The highest BCUT2D eigenvalue weighted by molar-refractivity contribution is 7.98. The van der Waals surface area contributed by atoms with Crippen LogP contribution in [0.3, 0.4) is 0 Å². The molecule has 0 fully saturated rings. The highest BCUT2D eigenvalue weighted by Gasteiger charge is 2.09. The third-order valence-electron chi connectivity index (χ3n) is 2.78. The van der Waals surface area contributed by atoms with E-state index in [-0.39, 0.29) is 18.2 Å². The first-order valence-electron chi connectivity index (χ1n) is 6.35. The monoisotopic (exact) mass is 350 g/mol. The minimum atomic E-state index is -2.81. The summed E-state index contributed by atoms with van der Waals surface area (Å²) in [6, 6.07) is 6.63. The Morgan fingerprint density at radius 2 is 2.14 bits per heavy atom. The molecular formula is C13H17ClF2N4OS. The Labute approximate surface area is 137 Å². The largest absolute Gasteiger partial charge is 0.435 e. The molecule has 0 atom stereocenters. The van der Waals surface area contributed by atoms with E-state index in [1.165, 1.54) is 17.8 Å². The van der Waals surface area contributed by atoms with Gasteiger partial charge in [-0.25, -0.2) is 0 Å². The van der Waals surface area contributed by atoms with Crippen LogP contribution in [0.4, 0.5) is 8.78 Å². The predicted octanol–water partition coefficient (Wildman–Crippen LogP) is 2.63. The average molecular weight is 351 g/mol. The molecule has 1 heterocycles. The van der Waals surface area contributed by atoms with Crippen LogP contribution in [0.25, 0.3) is 0 Å². The van der Waals surface area contributed by atoms with Crippen molar-refractivity contribution in [1.82, 2.24) is 14.8 Å². The van der Waals surface area contributed by atoms with Crippen molar-refractivity contribution < 1.29 is 13.5 Å². The van der Waals surface area contributed by atoms with Gasteiger partial charge in [-0.2, -0.15) is 8.78 Å². The lowest BCUT2D eigenvalue weighted by molar-refractivity contribution is -0.0498. The van der Waals surface area contributed by atoms with Crippen molar-refractivity contribution in [2.24, 2.45) is 12.8 Å². The molecule has 2 N–H and O–H groups in total. The number of aromatic nitrogens is 3. The van der Waals surface area contributed by atoms with E-state index in [0.717, 1.165) is 16.5 Å². The van der Waals surface area contributed by atoms with Gasteiger partial charge in [-0.05, 0) is 24.2 Å². The number of alkyl halides is 2. The molecule has 122 valence electrons. The molecule has 0 amide bonds. The van der Waals surface area contributed by atoms with Gasteiger partial charge in [-0.1, -0.05) is 23.9 Å². The van der Waals surface area contributed by atoms with Crippen molar-refractivity contribution in [1.29, 1.82) is 0 Å². The third kappa shape index (κ3) is 5.11. The molecule has 22 heavy (non-hydrogen) atoms. The molecular weight excluding hydrogens is 334 g/mol. The molecule has 0 aliphatic carbocycles. The normalized spacial score (nSPS) is 10.6. The van der Waals surface area contributed by atoms with Crippen molar-refractivity contribution in [2.75, 3.05) is 6.54 Å². The van der Waals surface area contributed by atoms with Crippen LogP contribution < -0.4 is 10.5 Å². The highest BCUT2D eigenvalue weighted by Crippen LogP contribution is 2.24. The molecule has 9 heteroatoms. The standard InChI is InChI=1S/C13H16F2N4OS.ClH/c1-19-11(5-6-16)17-18-13(19)21-8-9-3-2-4-10(7-9)20-12(14)15;/h2-4,7,12H,5-6,8,16H2,1H3;1H. The van der Waals surface area contributed by atoms with Crippen LogP contribution in [0.5, 0.6) is 5.75 Å². The van der Waals surface area contributed by atoms with Crippen molar-refractivity contribution >= 4 is 24.2 Å². The summed E-state index contributed by atoms with van der Waals surface area (Å²) >= 11 is 1.48. The van der Waals surface area contributed by atoms with Crippen molar-refractivity contribution in [2.45, 2.75) is 23.9 Å². The number of rotatable bonds is 7. The summed E-state index contributed by atoms with van der Waals surface area (Å²) in [6.07, 6.45) is 0.668. The van der Waals surface area contributed by atoms with Crippen LogP contribution >= 0.6 is 24.2 Å². The van der Waals surface area contributed by atoms with Gasteiger partial charge in [-0.15, -0.1) is 22.6 Å². The molecule has 2 rings (SSSR count). The molecule has 0 aliphatic rings. The number of ether oxygens (including phenoxy) is 1. The molecule has 0 saturated carbocycles. The van der Waals surface area contributed by atoms with Crippen LogP contribution in [0.1, 0.15) is 11.4 Å². The van der Waals surface area contributed by atoms with E-state index in [1.807, 2.05) is 17.7 Å². The molecule has 1 aromatic carbocycles. The first-order chi connectivity index (χ1) is 10.1. The molecule has 0 aliphatic heterocycles. The highest BCUT2D eigenvalue weighted by atomic mass is 35.5. The topological polar surface area (TPSA) is 66.0 Å². The number of thioether (sulfide) groups is 1. The van der Waals surface area contributed by atoms with Crippen LogP contribution in [-0.2, 0) is 19.2 Å². The first kappa shape index (κ1) is 18.7. The van der Waals surface area contributed by atoms with Gasteiger partial charge in [0.2, 0.25) is 0 Å². The second-order valence-corrected chi connectivity index (χ2v) is 5.25. The molecule has 1 aromatic heterocycles. The molecule has 0 spiro atoms. The van der Waals surface area contributed by atoms with Crippen LogP contribution in [0.2, 0.25) is 0 Å². The van der Waals surface area contributed by atoms with E-state index in [0.29, 0.717) is 18.7 Å². The Morgan fingerprint density at radius 1 is 1.36 bits per heavy atom. The molecule has 2 aromatic rings. The van der Waals surface area contributed by atoms with Gasteiger partial charge in [0, 0.05) is 19.2 Å². The van der Waals surface area contributed by atoms with Crippen molar-refractivity contribution in [3.63, 3.8) is 0 Å². The molecule has 0 saturated heterocycles. The van der Waals surface area contributed by atoms with E-state index in [9.17, 15) is 8.78 Å². The number of hydrogen-bond donors (Lipinski definition) is 1. The molecule has 5 nitrogen and oxygen atoms in total. The zero-order valence-corrected chi connectivity index (χ0v) is 13.5. The minimum absolute atomic E-state index is 0. The summed E-state index contributed by atoms with van der Waals surface area (Å²) in [5.41, 5.74) is 6.37. The van der Waals surface area contributed by atoms with Crippen molar-refractivity contribution in [3.05, 3.63) is 35.7 Å². The van der Waals surface area contributed by atoms with Gasteiger partial charge in [0.15, 0.2) is 5.16 Å². The Balaban J connectivity index is 0.00000242. The molecule has 0 radical (unpaired) electrons. The fraction of sp³-hybridized carbons (Fsp3) is 0.385. The van der Waals surface area contributed by atoms with Crippen LogP contribution in [0, 0.1) is 0 Å². The van der Waals surface area contributed by atoms with E-state index in [1.54, 1.807) is 12.1 Å². The zero-order chi connectivity index (χ0) is 15.2. The Bertz CT molecular complexity index is 597. The SMILES string of the molecule is Cl.Cn1c(CCN)nnc1SCc1cccc(OC(F)F)c1. The number of nitrogens with zero attached hydrogens (tertiary/aromatic N) is 3. The smallest absolute Gasteiger partial charge is 0.387 e. The summed E-state index contributed by atoms with van der Waals surface area (Å²) in [5.74, 6) is 1.58. The third-order valence-corrected chi connectivity index (χ3v) is 3.88. The van der Waals surface area contributed by atoms with E-state index >= 15 is 0 Å². The van der Waals surface area contributed by atoms with Crippen LogP contribution in [-0.4, -0.2) is 27.9 Å². The van der Waals surface area contributed by atoms with E-state index < -0.39 is 6.61 Å². The second-order valence-electron chi connectivity index (χ2n) is 4.31. The summed E-state index contributed by atoms with van der Waals surface area (Å²) in [6.45, 7) is -2.30. The lowest BCUT2D eigenvalue weighted by atomic mass is 10.2. The van der Waals surface area contributed by atoms with Gasteiger partial charge in [0.05, 0.1) is 0 Å². The maximum absolute atomic E-state index is 12.2. The molecule has 0 bridgehead atoms. The summed E-state index contributed by atoms with van der Waals surface area (Å²) in [5, 5.41) is 8.91. The van der Waals surface area contributed by atoms with Gasteiger partial charge in [-0.3, -0.25) is 0 Å². The Morgan fingerprint density at radius 3 is 2.82 bits per heavy atom. The van der Waals surface area contributed by atoms with Gasteiger partial charge < -0.3 is 15.0 Å². The van der Waals surface area contributed by atoms with Gasteiger partial charge in [0.1, 0.15) is 11.6 Å². The summed E-state index contributed by atoms with van der Waals surface area (Å²) in [7, 11) is 1.88. The molecule has 0 unspecified atom stereocenters. The minimum Gasteiger partial charge on any atom is -0.435 e. The van der Waals surface area contributed by atoms with Gasteiger partial charge in [0.25, 0.3) is 0 Å². The number of nitrogens with two attached hydrogens (primary N) is 1. The summed E-state index contributed by atoms with van der Waals surface area (Å²) < 4.78 is 30.6. The summed E-state index contributed by atoms with van der Waals surface area (Å²) in [4.78, 5) is 0. The predicted molar refractivity (Wildman–Crippen MR) is 83.6 cm³/mol. The quantitative estimate of drug-likeness (QED) is 0.778. The van der Waals surface area contributed by atoms with Crippen molar-refractivity contribution in [3.8, 4) is 5.75 Å². The number of halogens is 3. The lowest BCUT2D eigenvalue weighted by Crippen LogP contribution is -2.08. The average Bonchev–Trinajstić information content (AvgIpc) is 2.78. The van der Waals surface area contributed by atoms with E-state index in [2.05, 4.69) is 14.9 Å². The van der Waals surface area contributed by atoms with Crippen LogP contribution in [0.15, 0.2) is 29.4 Å². The fourth-order valence-electron chi connectivity index (χ4n) is 1.78. The fourth-order valence-corrected chi connectivity index (χ4v) is 2.65. The number of hydrogen-bond acceptors (Lipinski definition) is 5. The maximum Gasteiger partial charge on any atom is 0.387 e. The number of benzene rings is 1. The maximum atomic E-state index is 12.2. The first-order valence-corrected chi connectivity index (χ1v) is 7.33. The van der Waals surface area contributed by atoms with E-state index in [4.69, 9.17) is 5.73 Å². The Hall–Kier alpha value is -1.38. The lowest BCUT2D eigenvalue weighted by Gasteiger charge is -2.07. The Kier molecular flexibility index (Phi) is 7.57. The zero-order valence-electron chi connectivity index (χ0n) is 11.9. The second kappa shape index (κ2) is 8.92. The van der Waals surface area contributed by atoms with Gasteiger partial charge >= 0.3 is 6.61 Å².